The average Bonchev–Trinajstić information content (AvgIpc) is 3.61. The summed E-state index contributed by atoms with van der Waals surface area (Å²) in [6.45, 7) is 11.0. The first kappa shape index (κ1) is 34.7. The number of para-hydroxylation sites is 2. The van der Waals surface area contributed by atoms with Gasteiger partial charge in [0, 0.05) is 32.3 Å². The summed E-state index contributed by atoms with van der Waals surface area (Å²) in [5.74, 6) is 8.87. The Morgan fingerprint density at radius 2 is 1.68 bits per heavy atom. The van der Waals surface area contributed by atoms with Crippen molar-refractivity contribution in [1.82, 2.24) is 19.5 Å². The molecule has 47 heavy (non-hydrogen) atoms. The van der Waals surface area contributed by atoms with Crippen LogP contribution in [0.25, 0.3) is 55.7 Å². The predicted molar refractivity (Wildman–Crippen MR) is 194 cm³/mol. The molecule has 7 rings (SSSR count). The van der Waals surface area contributed by atoms with Gasteiger partial charge in [0.25, 0.3) is 0 Å². The van der Waals surface area contributed by atoms with Gasteiger partial charge in [-0.2, -0.15) is 0 Å². The molecule has 0 bridgehead atoms. The van der Waals surface area contributed by atoms with Gasteiger partial charge in [-0.05, 0) is 43.5 Å². The molecule has 4 aromatic heterocycles. The molecule has 0 saturated carbocycles. The van der Waals surface area contributed by atoms with E-state index < -0.39 is 13.3 Å². The minimum atomic E-state index is -1.86. The van der Waals surface area contributed by atoms with E-state index in [0.717, 1.165) is 67.7 Å². The number of nitrogens with zero attached hydrogens (tertiary/aromatic N) is 4. The molecule has 0 N–H and O–H groups in total. The van der Waals surface area contributed by atoms with E-state index in [-0.39, 0.29) is 26.1 Å². The first-order valence-corrected chi connectivity index (χ1v) is 23.5. The molecule has 0 saturated heterocycles. The van der Waals surface area contributed by atoms with Crippen LogP contribution in [0.1, 0.15) is 44.9 Å². The van der Waals surface area contributed by atoms with Gasteiger partial charge in [-0.25, -0.2) is 0 Å². The quantitative estimate of drug-likeness (QED) is 0.124. The molecule has 0 aliphatic carbocycles. The number of furan rings is 1. The summed E-state index contributed by atoms with van der Waals surface area (Å²) < 4.78 is 9.99. The van der Waals surface area contributed by atoms with Crippen LogP contribution < -0.4 is 4.40 Å². The third-order valence-corrected chi connectivity index (χ3v) is 12.6. The largest absolute Gasteiger partial charge is 0.499 e. The van der Waals surface area contributed by atoms with E-state index in [4.69, 9.17) is 14.4 Å². The fourth-order valence-corrected chi connectivity index (χ4v) is 9.51. The molecule has 0 aliphatic rings. The summed E-state index contributed by atoms with van der Waals surface area (Å²) in [6.07, 6.45) is 5.07. The van der Waals surface area contributed by atoms with Crippen molar-refractivity contribution >= 4 is 50.8 Å². The normalized spacial score (nSPS) is 11.7. The number of hydrogen-bond acceptors (Lipinski definition) is 4. The summed E-state index contributed by atoms with van der Waals surface area (Å²) in [7, 11) is 0. The van der Waals surface area contributed by atoms with Gasteiger partial charge in [-0.3, -0.25) is 9.97 Å². The van der Waals surface area contributed by atoms with E-state index >= 15 is 0 Å². The van der Waals surface area contributed by atoms with Crippen molar-refractivity contribution in [3.8, 4) is 22.6 Å². The number of fused-ring (bicyclic) bond motifs is 4. The third-order valence-electron chi connectivity index (χ3n) is 8.25. The molecule has 0 atom stereocenters. The minimum Gasteiger partial charge on any atom is -0.499 e. The van der Waals surface area contributed by atoms with Crippen molar-refractivity contribution in [2.24, 2.45) is 5.92 Å². The van der Waals surface area contributed by atoms with E-state index in [9.17, 15) is 0 Å². The van der Waals surface area contributed by atoms with Gasteiger partial charge in [-0.15, -0.1) is 17.7 Å². The van der Waals surface area contributed by atoms with Gasteiger partial charge in [0.15, 0.2) is 0 Å². The van der Waals surface area contributed by atoms with Crippen LogP contribution >= 0.6 is 0 Å². The summed E-state index contributed by atoms with van der Waals surface area (Å²) in [5, 5.41) is 1.04. The third kappa shape index (κ3) is 7.16. The van der Waals surface area contributed by atoms with Gasteiger partial charge >= 0.3 is 126 Å². The zero-order chi connectivity index (χ0) is 32.6. The number of hydrogen-bond donors (Lipinski definition) is 0. The van der Waals surface area contributed by atoms with Gasteiger partial charge < -0.3 is 8.98 Å². The van der Waals surface area contributed by atoms with E-state index in [1.807, 2.05) is 54.6 Å². The second-order valence-corrected chi connectivity index (χ2v) is 24.3. The number of aryl methyl sites for hydroxylation is 1. The Bertz CT molecular complexity index is 2140. The zero-order valence-electron chi connectivity index (χ0n) is 28.5. The Hall–Kier alpha value is -3.58. The Balaban J connectivity index is 0.000000188. The maximum Gasteiger partial charge on any atom is 0.139 e. The van der Waals surface area contributed by atoms with E-state index in [1.165, 1.54) is 5.56 Å². The molecule has 7 aromatic rings. The number of pyridine rings is 2. The van der Waals surface area contributed by atoms with Crippen molar-refractivity contribution in [3.63, 3.8) is 0 Å². The monoisotopic (exact) mass is 861 g/mol. The molecule has 5 nitrogen and oxygen atoms in total. The summed E-state index contributed by atoms with van der Waals surface area (Å²) in [4.78, 5) is 14.1. The van der Waals surface area contributed by atoms with Crippen LogP contribution in [0, 0.1) is 25.0 Å². The van der Waals surface area contributed by atoms with Gasteiger partial charge in [0.2, 0.25) is 0 Å². The number of aromatic nitrogens is 4. The molecule has 243 valence electrons. The molecule has 0 aliphatic heterocycles. The number of benzene rings is 3. The number of rotatable bonds is 6. The van der Waals surface area contributed by atoms with Crippen molar-refractivity contribution in [1.29, 1.82) is 0 Å². The zero-order valence-corrected chi connectivity index (χ0v) is 33.0. The van der Waals surface area contributed by atoms with Crippen molar-refractivity contribution in [3.05, 3.63) is 108 Å². The Morgan fingerprint density at radius 3 is 2.38 bits per heavy atom. The van der Waals surface area contributed by atoms with Crippen LogP contribution in [-0.4, -0.2) is 32.8 Å². The first-order valence-electron chi connectivity index (χ1n) is 16.1. The van der Waals surface area contributed by atoms with Crippen LogP contribution in [-0.2, 0) is 26.5 Å². The standard InChI is InChI=1S/C22H18N3O.C18H24GeN.Ir/c1-13(2)25-17-8-5-4-7-16(17)24-22(25)15-11-10-14(3)19-20-18(26-21(15)19)9-6-12-23-20;1-14(2)11-16-12-18(15-9-7-6-8-10-15)20-13-17(16)19(3,4)5;/h4-10,12-13H,1-3H3;6-9,12-14H,11H2,1-5H3;/q2*-1;. The first-order chi connectivity index (χ1) is 22.0. The molecule has 7 heteroatoms. The Morgan fingerprint density at radius 1 is 0.915 bits per heavy atom. The molecule has 0 unspecified atom stereocenters. The average molecular weight is 860 g/mol. The molecule has 0 fully saturated rings. The van der Waals surface area contributed by atoms with Gasteiger partial charge in [0.1, 0.15) is 5.58 Å². The van der Waals surface area contributed by atoms with Crippen LogP contribution in [0.4, 0.5) is 0 Å². The Labute approximate surface area is 294 Å². The molecule has 1 radical (unpaired) electrons. The second kappa shape index (κ2) is 14.3. The summed E-state index contributed by atoms with van der Waals surface area (Å²) in [5.41, 5.74) is 10.2. The SMILES string of the molecule is CC(C)Cc1cc(-c2[c-]cccc2)nc[c]1[Ge]([CH3])([CH3])[CH3].Cc1c[c-]c(-c2nc3ccccc3n2C(C)C)c2oc3cccnc3c12.[Ir]. The van der Waals surface area contributed by atoms with Crippen LogP contribution in [0.2, 0.25) is 17.3 Å². The number of imidazole rings is 1. The smallest absolute Gasteiger partial charge is 0.139 e. The van der Waals surface area contributed by atoms with Crippen LogP contribution in [0.15, 0.2) is 89.6 Å². The van der Waals surface area contributed by atoms with Crippen LogP contribution in [0.5, 0.6) is 0 Å². The molecular formula is C40H42GeIrN4O-2. The summed E-state index contributed by atoms with van der Waals surface area (Å²) >= 11 is -1.86. The van der Waals surface area contributed by atoms with Gasteiger partial charge in [0.05, 0.1) is 28.0 Å². The minimum absolute atomic E-state index is 0. The van der Waals surface area contributed by atoms with Crippen molar-refractivity contribution < 1.29 is 24.5 Å². The Kier molecular flexibility index (Phi) is 10.5. The second-order valence-electron chi connectivity index (χ2n) is 13.7. The van der Waals surface area contributed by atoms with Crippen LogP contribution in [0.3, 0.4) is 0 Å². The van der Waals surface area contributed by atoms with E-state index in [1.54, 1.807) is 10.6 Å². The maximum absolute atomic E-state index is 6.20. The van der Waals surface area contributed by atoms with E-state index in [2.05, 4.69) is 98.0 Å². The van der Waals surface area contributed by atoms with Crippen molar-refractivity contribution in [2.45, 2.75) is 64.4 Å². The molecule has 3 aromatic carbocycles. The molecule has 0 spiro atoms. The molecule has 4 heterocycles. The topological polar surface area (TPSA) is 56.7 Å². The molecule has 0 amide bonds. The fraction of sp³-hybridized carbons (Fsp3) is 0.275. The predicted octanol–water partition coefficient (Wildman–Crippen LogP) is 9.98. The maximum atomic E-state index is 6.20. The van der Waals surface area contributed by atoms with Crippen molar-refractivity contribution in [2.75, 3.05) is 0 Å². The van der Waals surface area contributed by atoms with Gasteiger partial charge in [-0.1, -0.05) is 24.6 Å². The fourth-order valence-electron chi connectivity index (χ4n) is 6.18. The van der Waals surface area contributed by atoms with E-state index in [0.29, 0.717) is 5.92 Å². The molecular weight excluding hydrogens is 817 g/mol. The summed E-state index contributed by atoms with van der Waals surface area (Å²) in [6, 6.07) is 31.4.